The lowest BCUT2D eigenvalue weighted by Gasteiger charge is -2.35. The fourth-order valence-corrected chi connectivity index (χ4v) is 4.63. The average Bonchev–Trinajstić information content (AvgIpc) is 3.24. The van der Waals surface area contributed by atoms with Crippen molar-refractivity contribution in [2.45, 2.75) is 44.9 Å². The van der Waals surface area contributed by atoms with Crippen LogP contribution < -0.4 is 15.9 Å². The predicted molar refractivity (Wildman–Crippen MR) is 139 cm³/mol. The van der Waals surface area contributed by atoms with Gasteiger partial charge in [-0.05, 0) is 37.5 Å². The number of benzene rings is 1. The summed E-state index contributed by atoms with van der Waals surface area (Å²) >= 11 is 0. The number of fused-ring (bicyclic) bond motifs is 1. The van der Waals surface area contributed by atoms with E-state index < -0.39 is 5.69 Å². The molecule has 3 aliphatic heterocycles. The molecule has 12 heteroatoms. The third-order valence-electron chi connectivity index (χ3n) is 6.80. The van der Waals surface area contributed by atoms with Crippen molar-refractivity contribution >= 4 is 30.2 Å². The minimum atomic E-state index is -0.431. The minimum Gasteiger partial charge on any atom is -0.493 e. The number of imidazole rings is 1. The van der Waals surface area contributed by atoms with Gasteiger partial charge in [-0.2, -0.15) is 5.10 Å². The summed E-state index contributed by atoms with van der Waals surface area (Å²) in [6.45, 7) is 5.31. The number of rotatable bonds is 7. The first-order chi connectivity index (χ1) is 17.6. The molecule has 0 saturated heterocycles. The van der Waals surface area contributed by atoms with Gasteiger partial charge in [0, 0.05) is 43.9 Å². The number of H-pyrrole nitrogens is 2. The summed E-state index contributed by atoms with van der Waals surface area (Å²) in [4.78, 5) is 35.2. The number of nitrogens with zero attached hydrogens (tertiary/aromatic N) is 7. The van der Waals surface area contributed by atoms with Gasteiger partial charge in [0.25, 0.3) is 0 Å². The van der Waals surface area contributed by atoms with Crippen LogP contribution in [0.5, 0.6) is 5.88 Å². The quantitative estimate of drug-likeness (QED) is 0.457. The maximum absolute atomic E-state index is 11.6. The Morgan fingerprint density at radius 3 is 2.72 bits per heavy atom. The third-order valence-corrected chi connectivity index (χ3v) is 6.80. The van der Waals surface area contributed by atoms with Gasteiger partial charge in [0.1, 0.15) is 0 Å². The van der Waals surface area contributed by atoms with Gasteiger partial charge >= 0.3 is 5.69 Å². The highest BCUT2D eigenvalue weighted by molar-refractivity contribution is 6.01. The van der Waals surface area contributed by atoms with Gasteiger partial charge in [-0.25, -0.2) is 19.8 Å². The number of guanidine groups is 2. The minimum absolute atomic E-state index is 0.135. The molecule has 1 aliphatic carbocycles. The highest BCUT2D eigenvalue weighted by atomic mass is 16.3. The molecule has 2 aromatic rings. The number of hydrazone groups is 1. The molecular weight excluding hydrogens is 460 g/mol. The molecule has 0 spiro atoms. The lowest BCUT2D eigenvalue weighted by atomic mass is 10.0. The Labute approximate surface area is 208 Å². The van der Waals surface area contributed by atoms with Crippen molar-refractivity contribution in [2.24, 2.45) is 26.0 Å². The molecule has 188 valence electrons. The summed E-state index contributed by atoms with van der Waals surface area (Å²) < 4.78 is 0. The Bertz CT molecular complexity index is 1290. The van der Waals surface area contributed by atoms with E-state index in [2.05, 4.69) is 66.4 Å². The largest absolute Gasteiger partial charge is 0.493 e. The summed E-state index contributed by atoms with van der Waals surface area (Å²) in [5.74, 6) is 1.16. The van der Waals surface area contributed by atoms with Gasteiger partial charge in [0.05, 0.1) is 24.6 Å². The van der Waals surface area contributed by atoms with Crippen LogP contribution in [0.4, 0.5) is 5.69 Å². The van der Waals surface area contributed by atoms with E-state index >= 15 is 0 Å². The van der Waals surface area contributed by atoms with Crippen LogP contribution in [0.3, 0.4) is 0 Å². The van der Waals surface area contributed by atoms with Crippen LogP contribution in [0.15, 0.2) is 49.1 Å². The lowest BCUT2D eigenvalue weighted by Crippen LogP contribution is -2.56. The van der Waals surface area contributed by atoms with Crippen molar-refractivity contribution in [2.75, 3.05) is 24.5 Å². The Morgan fingerprint density at radius 1 is 1.22 bits per heavy atom. The number of aromatic nitrogens is 2. The van der Waals surface area contributed by atoms with Crippen molar-refractivity contribution in [3.63, 3.8) is 0 Å². The third kappa shape index (κ3) is 4.45. The van der Waals surface area contributed by atoms with E-state index in [-0.39, 0.29) is 18.0 Å². The number of nitrogens with one attached hydrogen (secondary N) is 3. The Hall–Kier alpha value is -4.09. The van der Waals surface area contributed by atoms with Gasteiger partial charge in [0.2, 0.25) is 17.8 Å². The van der Waals surface area contributed by atoms with Crippen molar-refractivity contribution in [3.8, 4) is 5.88 Å². The number of aliphatic imine (C=N–C) groups is 3. The average molecular weight is 491 g/mol. The summed E-state index contributed by atoms with van der Waals surface area (Å²) in [6, 6.07) is 8.85. The second kappa shape index (κ2) is 9.17. The normalized spacial score (nSPS) is 23.8. The van der Waals surface area contributed by atoms with E-state index in [1.54, 1.807) is 0 Å². The number of hydrogen-bond acceptors (Lipinski definition) is 8. The fraction of sp³-hybridized carbons (Fsp3) is 0.458. The zero-order chi connectivity index (χ0) is 24.6. The van der Waals surface area contributed by atoms with E-state index in [0.29, 0.717) is 30.7 Å². The van der Waals surface area contributed by atoms with E-state index in [1.807, 2.05) is 17.6 Å². The smallest absolute Gasteiger partial charge is 0.325 e. The zero-order valence-electron chi connectivity index (χ0n) is 20.1. The molecule has 1 aromatic carbocycles. The van der Waals surface area contributed by atoms with Crippen molar-refractivity contribution < 1.29 is 5.11 Å². The molecule has 4 heterocycles. The van der Waals surface area contributed by atoms with E-state index in [4.69, 9.17) is 9.98 Å². The number of anilines is 1. The fourth-order valence-electron chi connectivity index (χ4n) is 4.63. The lowest BCUT2D eigenvalue weighted by molar-refractivity contribution is 0.287. The summed E-state index contributed by atoms with van der Waals surface area (Å²) in [5, 5.41) is 19.9. The standard InChI is InChI=1S/C24H30N10O2/c1-2-32(13-15-3-7-18(8-4-15)33-10-9-25-14-33)22-29-20-16(11-19-21(35)30-24(36)28-19)12-26-34(20)23(31-22)27-17-5-6-17/h3-4,7-8,12,14,16-17,20,35H,2,5-6,9-11,13H2,1H3,(H,27,29,31)(H2,28,30,36). The second-order valence-corrected chi connectivity index (χ2v) is 9.45. The molecule has 2 unspecified atom stereocenters. The van der Waals surface area contributed by atoms with E-state index in [0.717, 1.165) is 44.1 Å². The second-order valence-electron chi connectivity index (χ2n) is 9.45. The first kappa shape index (κ1) is 22.4. The van der Waals surface area contributed by atoms with Gasteiger partial charge in [-0.3, -0.25) is 15.3 Å². The van der Waals surface area contributed by atoms with Crippen LogP contribution in [0.2, 0.25) is 0 Å². The van der Waals surface area contributed by atoms with Crippen LogP contribution in [0, 0.1) is 5.92 Å². The molecule has 12 nitrogen and oxygen atoms in total. The zero-order valence-corrected chi connectivity index (χ0v) is 20.1. The molecule has 0 bridgehead atoms. The summed E-state index contributed by atoms with van der Waals surface area (Å²) in [7, 11) is 0. The molecule has 2 atom stereocenters. The molecule has 1 aromatic heterocycles. The SMILES string of the molecule is CCN(Cc1ccc(N2C=NCC2)cc1)C1=NC2C(Cc3[nH]c(=O)[nH]c3O)C=NN2C(=NC2CC2)N1. The van der Waals surface area contributed by atoms with Crippen LogP contribution in [-0.4, -0.2) is 81.3 Å². The summed E-state index contributed by atoms with van der Waals surface area (Å²) in [6.07, 6.45) is 5.95. The van der Waals surface area contributed by atoms with Crippen molar-refractivity contribution in [3.05, 3.63) is 46.0 Å². The molecule has 6 rings (SSSR count). The Kier molecular flexibility index (Phi) is 5.70. The van der Waals surface area contributed by atoms with Gasteiger partial charge < -0.3 is 19.9 Å². The maximum Gasteiger partial charge on any atom is 0.325 e. The van der Waals surface area contributed by atoms with Crippen LogP contribution in [0.25, 0.3) is 0 Å². The number of aromatic hydroxyl groups is 1. The topological polar surface area (TPSA) is 140 Å². The van der Waals surface area contributed by atoms with Gasteiger partial charge in [-0.15, -0.1) is 0 Å². The number of hydrogen-bond donors (Lipinski definition) is 4. The van der Waals surface area contributed by atoms with Crippen LogP contribution >= 0.6 is 0 Å². The first-order valence-electron chi connectivity index (χ1n) is 12.4. The van der Waals surface area contributed by atoms with Gasteiger partial charge in [-0.1, -0.05) is 12.1 Å². The Balaban J connectivity index is 1.24. The van der Waals surface area contributed by atoms with Crippen LogP contribution in [-0.2, 0) is 13.0 Å². The predicted octanol–water partition coefficient (Wildman–Crippen LogP) is 1.04. The summed E-state index contributed by atoms with van der Waals surface area (Å²) in [5.41, 5.74) is 2.34. The van der Waals surface area contributed by atoms with Crippen molar-refractivity contribution in [1.29, 1.82) is 0 Å². The van der Waals surface area contributed by atoms with E-state index in [1.165, 1.54) is 5.56 Å². The molecular formula is C24H30N10O2. The highest BCUT2D eigenvalue weighted by Gasteiger charge is 2.40. The molecule has 4 N–H and O–H groups in total. The highest BCUT2D eigenvalue weighted by Crippen LogP contribution is 2.29. The monoisotopic (exact) mass is 490 g/mol. The molecule has 1 fully saturated rings. The van der Waals surface area contributed by atoms with Crippen LogP contribution in [0.1, 0.15) is 31.0 Å². The Morgan fingerprint density at radius 2 is 2.06 bits per heavy atom. The first-order valence-corrected chi connectivity index (χ1v) is 12.4. The van der Waals surface area contributed by atoms with Gasteiger partial charge in [0.15, 0.2) is 6.17 Å². The van der Waals surface area contributed by atoms with Crippen molar-refractivity contribution in [1.82, 2.24) is 25.2 Å². The molecule has 1 saturated carbocycles. The van der Waals surface area contributed by atoms with E-state index in [9.17, 15) is 9.90 Å². The maximum atomic E-state index is 11.6. The number of aromatic amines is 2. The molecule has 4 aliphatic rings. The molecule has 0 radical (unpaired) electrons. The molecule has 0 amide bonds. The molecule has 36 heavy (non-hydrogen) atoms.